The van der Waals surface area contributed by atoms with Gasteiger partial charge in [0, 0.05) is 4.91 Å². The van der Waals surface area contributed by atoms with E-state index in [1.165, 1.54) is 6.07 Å². The summed E-state index contributed by atoms with van der Waals surface area (Å²) in [6.45, 7) is 3.87. The van der Waals surface area contributed by atoms with E-state index >= 15 is 0 Å². The van der Waals surface area contributed by atoms with Crippen molar-refractivity contribution < 1.29 is 22.8 Å². The van der Waals surface area contributed by atoms with Crippen molar-refractivity contribution in [2.45, 2.75) is 20.0 Å². The second-order valence-electron chi connectivity index (χ2n) is 3.40. The van der Waals surface area contributed by atoms with Crippen molar-refractivity contribution in [2.24, 2.45) is 5.11 Å². The maximum atomic E-state index is 12.2. The van der Waals surface area contributed by atoms with Crippen LogP contribution < -0.4 is 0 Å². The first-order valence-corrected chi connectivity index (χ1v) is 7.32. The molecule has 8 nitrogen and oxygen atoms in total. The summed E-state index contributed by atoms with van der Waals surface area (Å²) < 4.78 is 27.5. The minimum absolute atomic E-state index is 0.0851. The average molecular weight is 287 g/mol. The Kier molecular flexibility index (Phi) is 5.79. The second kappa shape index (κ2) is 7.11. The number of nitrogens with zero attached hydrogens (tertiary/aromatic N) is 3. The van der Waals surface area contributed by atoms with E-state index in [0.717, 1.165) is 6.26 Å². The molecule has 1 aromatic rings. The lowest BCUT2D eigenvalue weighted by Gasteiger charge is -2.15. The standard InChI is InChI=1S/C10H14N3O5P/c1-3-17-19(15,18-4-2)7-9-5-8(6-16-9)10(14)12-13-11/h5-6H,3-4,7H2,1-2H3. The van der Waals surface area contributed by atoms with Gasteiger partial charge in [0.2, 0.25) is 0 Å². The maximum Gasteiger partial charge on any atom is 0.338 e. The molecular formula is C10H14N3O5P. The number of carbonyl (C=O) groups excluding carboxylic acids is 1. The lowest BCUT2D eigenvalue weighted by Crippen LogP contribution is -1.98. The fourth-order valence-electron chi connectivity index (χ4n) is 1.39. The average Bonchev–Trinajstić information content (AvgIpc) is 2.78. The van der Waals surface area contributed by atoms with Crippen LogP contribution in [0.25, 0.3) is 10.4 Å². The van der Waals surface area contributed by atoms with Crippen LogP contribution in [0.15, 0.2) is 21.9 Å². The third kappa shape index (κ3) is 4.54. The van der Waals surface area contributed by atoms with Crippen LogP contribution in [-0.2, 0) is 19.8 Å². The smallest absolute Gasteiger partial charge is 0.338 e. The minimum Gasteiger partial charge on any atom is -0.468 e. The zero-order chi connectivity index (χ0) is 14.3. The van der Waals surface area contributed by atoms with E-state index in [-0.39, 0.29) is 30.7 Å². The zero-order valence-corrected chi connectivity index (χ0v) is 11.5. The van der Waals surface area contributed by atoms with Crippen LogP contribution >= 0.6 is 7.60 Å². The van der Waals surface area contributed by atoms with Crippen molar-refractivity contribution in [2.75, 3.05) is 13.2 Å². The number of azide groups is 1. The predicted molar refractivity (Wildman–Crippen MR) is 66.7 cm³/mol. The molecule has 0 N–H and O–H groups in total. The molecule has 0 unspecified atom stereocenters. The van der Waals surface area contributed by atoms with Crippen molar-refractivity contribution >= 4 is 13.5 Å². The molecule has 0 atom stereocenters. The van der Waals surface area contributed by atoms with Gasteiger partial charge in [0.05, 0.1) is 18.8 Å². The Hall–Kier alpha value is -1.59. The molecule has 0 saturated carbocycles. The van der Waals surface area contributed by atoms with Crippen LogP contribution in [-0.4, -0.2) is 19.1 Å². The zero-order valence-electron chi connectivity index (χ0n) is 10.6. The van der Waals surface area contributed by atoms with Gasteiger partial charge in [-0.15, -0.1) is 0 Å². The molecule has 1 amide bonds. The minimum atomic E-state index is -3.28. The molecule has 9 heteroatoms. The quantitative estimate of drug-likeness (QED) is 0.329. The van der Waals surface area contributed by atoms with Crippen molar-refractivity contribution in [3.63, 3.8) is 0 Å². The van der Waals surface area contributed by atoms with E-state index in [9.17, 15) is 9.36 Å². The normalized spacial score (nSPS) is 11.1. The van der Waals surface area contributed by atoms with Crippen molar-refractivity contribution in [3.8, 4) is 0 Å². The van der Waals surface area contributed by atoms with E-state index in [2.05, 4.69) is 10.0 Å². The summed E-state index contributed by atoms with van der Waals surface area (Å²) in [6.07, 6.45) is 1.05. The first-order valence-electron chi connectivity index (χ1n) is 5.59. The molecule has 0 spiro atoms. The summed E-state index contributed by atoms with van der Waals surface area (Å²) >= 11 is 0. The van der Waals surface area contributed by atoms with Gasteiger partial charge in [-0.25, -0.2) is 0 Å². The Morgan fingerprint density at radius 3 is 2.63 bits per heavy atom. The first kappa shape index (κ1) is 15.5. The van der Waals surface area contributed by atoms with Crippen LogP contribution in [0.4, 0.5) is 0 Å². The summed E-state index contributed by atoms with van der Waals surface area (Å²) in [7, 11) is -3.28. The van der Waals surface area contributed by atoms with Gasteiger partial charge in [0.25, 0.3) is 5.91 Å². The topological polar surface area (TPSA) is 115 Å². The van der Waals surface area contributed by atoms with E-state index < -0.39 is 13.5 Å². The van der Waals surface area contributed by atoms with E-state index in [0.29, 0.717) is 0 Å². The Morgan fingerprint density at radius 1 is 1.47 bits per heavy atom. The van der Waals surface area contributed by atoms with Crippen LogP contribution in [0.5, 0.6) is 0 Å². The van der Waals surface area contributed by atoms with Gasteiger partial charge in [-0.3, -0.25) is 9.36 Å². The van der Waals surface area contributed by atoms with Gasteiger partial charge in [0.15, 0.2) is 0 Å². The van der Waals surface area contributed by atoms with E-state index in [1.54, 1.807) is 13.8 Å². The van der Waals surface area contributed by atoms with Crippen molar-refractivity contribution in [3.05, 3.63) is 34.1 Å². The molecule has 1 rings (SSSR count). The molecule has 0 aliphatic carbocycles. The number of furan rings is 1. The molecule has 104 valence electrons. The molecule has 1 heterocycles. The molecule has 0 fully saturated rings. The number of rotatable bonds is 7. The Bertz CT molecular complexity index is 525. The van der Waals surface area contributed by atoms with Crippen molar-refractivity contribution in [1.29, 1.82) is 0 Å². The fraction of sp³-hybridized carbons (Fsp3) is 0.500. The molecular weight excluding hydrogens is 273 g/mol. The lowest BCUT2D eigenvalue weighted by atomic mass is 10.3. The molecule has 0 radical (unpaired) electrons. The van der Waals surface area contributed by atoms with Gasteiger partial charge in [-0.1, -0.05) is 0 Å². The summed E-state index contributed by atoms with van der Waals surface area (Å²) in [5.74, 6) is -0.498. The monoisotopic (exact) mass is 287 g/mol. The Balaban J connectivity index is 2.84. The largest absolute Gasteiger partial charge is 0.468 e. The molecule has 0 aliphatic heterocycles. The lowest BCUT2D eigenvalue weighted by molar-refractivity contribution is 0.0999. The third-order valence-corrected chi connectivity index (χ3v) is 4.04. The van der Waals surface area contributed by atoms with E-state index in [1.807, 2.05) is 0 Å². The molecule has 0 saturated heterocycles. The number of amides is 1. The predicted octanol–water partition coefficient (Wildman–Crippen LogP) is 3.50. The molecule has 0 bridgehead atoms. The van der Waals surface area contributed by atoms with Crippen LogP contribution in [0.3, 0.4) is 0 Å². The highest BCUT2D eigenvalue weighted by molar-refractivity contribution is 7.53. The van der Waals surface area contributed by atoms with Crippen LogP contribution in [0.1, 0.15) is 30.0 Å². The van der Waals surface area contributed by atoms with Gasteiger partial charge >= 0.3 is 7.60 Å². The summed E-state index contributed by atoms with van der Waals surface area (Å²) in [6, 6.07) is 1.35. The molecule has 1 aromatic heterocycles. The molecule has 19 heavy (non-hydrogen) atoms. The first-order chi connectivity index (χ1) is 9.04. The van der Waals surface area contributed by atoms with Gasteiger partial charge in [-0.2, -0.15) is 0 Å². The van der Waals surface area contributed by atoms with Crippen LogP contribution in [0, 0.1) is 0 Å². The third-order valence-electron chi connectivity index (χ3n) is 2.04. The highest BCUT2D eigenvalue weighted by Gasteiger charge is 2.26. The summed E-state index contributed by atoms with van der Waals surface area (Å²) in [5, 5.41) is 2.93. The van der Waals surface area contributed by atoms with Gasteiger partial charge in [0.1, 0.15) is 18.2 Å². The second-order valence-corrected chi connectivity index (χ2v) is 5.46. The van der Waals surface area contributed by atoms with E-state index in [4.69, 9.17) is 19.0 Å². The molecule has 0 aliphatic rings. The van der Waals surface area contributed by atoms with Gasteiger partial charge in [-0.05, 0) is 30.6 Å². The maximum absolute atomic E-state index is 12.2. The highest BCUT2D eigenvalue weighted by Crippen LogP contribution is 2.51. The Morgan fingerprint density at radius 2 is 2.11 bits per heavy atom. The number of carbonyl (C=O) groups is 1. The Labute approximate surface area is 109 Å². The number of hydrogen-bond donors (Lipinski definition) is 0. The van der Waals surface area contributed by atoms with Gasteiger partial charge < -0.3 is 13.5 Å². The van der Waals surface area contributed by atoms with Crippen LogP contribution in [0.2, 0.25) is 0 Å². The summed E-state index contributed by atoms with van der Waals surface area (Å²) in [5.41, 5.74) is 8.24. The highest BCUT2D eigenvalue weighted by atomic mass is 31.2. The fourth-order valence-corrected chi connectivity index (χ4v) is 2.98. The summed E-state index contributed by atoms with van der Waals surface area (Å²) in [4.78, 5) is 13.6. The SMILES string of the molecule is CCOP(=O)(Cc1cc(C(=O)N=[N+]=[N-])co1)OCC. The van der Waals surface area contributed by atoms with Crippen molar-refractivity contribution in [1.82, 2.24) is 0 Å². The molecule has 0 aromatic carbocycles. The number of hydrogen-bond acceptors (Lipinski definition) is 5.